The molecule has 0 bridgehead atoms. The molecule has 2 nitrogen and oxygen atoms in total. The minimum absolute atomic E-state index is 0.837. The van der Waals surface area contributed by atoms with E-state index in [2.05, 4.69) is 17.0 Å². The molecule has 0 amide bonds. The van der Waals surface area contributed by atoms with Crippen LogP contribution in [0.15, 0.2) is 54.6 Å². The molecule has 0 aliphatic heterocycles. The van der Waals surface area contributed by atoms with E-state index < -0.39 is 9.04 Å². The van der Waals surface area contributed by atoms with Gasteiger partial charge in [-0.15, -0.1) is 0 Å². The highest BCUT2D eigenvalue weighted by molar-refractivity contribution is 6.69. The number of rotatable bonds is 4. The summed E-state index contributed by atoms with van der Waals surface area (Å²) in [5.74, 6) is 1.69. The molecule has 0 fully saturated rings. The molecule has 17 heavy (non-hydrogen) atoms. The molecule has 2 aromatic carbocycles. The predicted octanol–water partition coefficient (Wildman–Crippen LogP) is 2.41. The van der Waals surface area contributed by atoms with Gasteiger partial charge in [0.25, 0.3) is 0 Å². The van der Waals surface area contributed by atoms with Gasteiger partial charge in [-0.1, -0.05) is 36.4 Å². The first kappa shape index (κ1) is 12.1. The summed E-state index contributed by atoms with van der Waals surface area (Å²) in [4.78, 5) is 0. The maximum absolute atomic E-state index is 5.86. The molecule has 0 atom stereocenters. The first-order valence-electron chi connectivity index (χ1n) is 5.30. The van der Waals surface area contributed by atoms with Crippen molar-refractivity contribution in [3.8, 4) is 11.5 Å². The zero-order valence-electron chi connectivity index (χ0n) is 9.51. The van der Waals surface area contributed by atoms with E-state index in [-0.39, 0.29) is 0 Å². The maximum Gasteiger partial charge on any atom is 0.235 e. The van der Waals surface area contributed by atoms with Gasteiger partial charge in [0.15, 0.2) is 0 Å². The Morgan fingerprint density at radius 1 is 0.941 bits per heavy atom. The average molecular weight is 256 g/mol. The van der Waals surface area contributed by atoms with Gasteiger partial charge >= 0.3 is 0 Å². The van der Waals surface area contributed by atoms with Crippen LogP contribution in [0.3, 0.4) is 0 Å². The summed E-state index contributed by atoms with van der Waals surface area (Å²) in [6.07, 6.45) is 0. The lowest BCUT2D eigenvalue weighted by atomic mass is 10.3. The van der Waals surface area contributed by atoms with Crippen molar-refractivity contribution in [3.05, 3.63) is 54.6 Å². The van der Waals surface area contributed by atoms with Gasteiger partial charge in [0.05, 0.1) is 0 Å². The molecule has 0 saturated carbocycles. The Morgan fingerprint density at radius 3 is 2.29 bits per heavy atom. The minimum atomic E-state index is -1.07. The van der Waals surface area contributed by atoms with Crippen molar-refractivity contribution in [1.29, 1.82) is 0 Å². The van der Waals surface area contributed by atoms with Crippen molar-refractivity contribution in [2.75, 3.05) is 0 Å². The number of ether oxygens (including phenoxy) is 1. The second-order valence-corrected chi connectivity index (χ2v) is 6.04. The van der Waals surface area contributed by atoms with Crippen LogP contribution in [0.5, 0.6) is 11.5 Å². The molecule has 4 radical (unpaired) electrons. The lowest BCUT2D eigenvalue weighted by molar-refractivity contribution is 0.485. The van der Waals surface area contributed by atoms with E-state index in [4.69, 9.17) is 8.85 Å². The van der Waals surface area contributed by atoms with Crippen molar-refractivity contribution >= 4 is 24.7 Å². The minimum Gasteiger partial charge on any atom is -0.457 e. The molecule has 0 heterocycles. The number of hydrogen-bond donors (Lipinski definition) is 0. The fraction of sp³-hybridized carbons (Fsp3) is 0.0769. The third-order valence-electron chi connectivity index (χ3n) is 2.39. The largest absolute Gasteiger partial charge is 0.457 e. The van der Waals surface area contributed by atoms with Crippen molar-refractivity contribution in [1.82, 2.24) is 0 Å². The van der Waals surface area contributed by atoms with Crippen LogP contribution in [0, 0.1) is 0 Å². The van der Waals surface area contributed by atoms with Crippen LogP contribution in [-0.2, 0) is 4.12 Å². The standard InChI is InChI=1S/C13H12O2Si2/c1-17(15-16)13-10-6-5-9-12(13)14-11-7-3-2-4-8-11/h2-10H,1H3. The molecule has 0 aromatic heterocycles. The Labute approximate surface area is 106 Å². The maximum atomic E-state index is 5.86. The monoisotopic (exact) mass is 256 g/mol. The van der Waals surface area contributed by atoms with Crippen LogP contribution in [0.1, 0.15) is 0 Å². The van der Waals surface area contributed by atoms with E-state index >= 15 is 0 Å². The Hall–Kier alpha value is -1.37. The topological polar surface area (TPSA) is 18.5 Å². The Bertz CT molecular complexity index is 474. The SMILES string of the molecule is C[Si](O[Si])c1ccccc1Oc1ccccc1. The van der Waals surface area contributed by atoms with Crippen LogP contribution < -0.4 is 9.92 Å². The molecule has 0 unspecified atom stereocenters. The van der Waals surface area contributed by atoms with Gasteiger partial charge < -0.3 is 8.85 Å². The summed E-state index contributed by atoms with van der Waals surface area (Å²) < 4.78 is 11.1. The highest BCUT2D eigenvalue weighted by Gasteiger charge is 2.13. The van der Waals surface area contributed by atoms with Crippen molar-refractivity contribution in [2.45, 2.75) is 6.55 Å². The molecule has 0 saturated heterocycles. The fourth-order valence-corrected chi connectivity index (χ4v) is 2.77. The van der Waals surface area contributed by atoms with E-state index in [1.807, 2.05) is 54.6 Å². The first-order valence-corrected chi connectivity index (χ1v) is 7.62. The van der Waals surface area contributed by atoms with Gasteiger partial charge in [-0.25, -0.2) is 0 Å². The molecule has 4 heteroatoms. The fourth-order valence-electron chi connectivity index (χ4n) is 1.52. The Morgan fingerprint density at radius 2 is 1.59 bits per heavy atom. The van der Waals surface area contributed by atoms with E-state index in [9.17, 15) is 0 Å². The molecule has 84 valence electrons. The summed E-state index contributed by atoms with van der Waals surface area (Å²) >= 11 is 0. The molecule has 0 spiro atoms. The summed E-state index contributed by atoms with van der Waals surface area (Å²) in [5, 5.41) is 1.11. The molecule has 0 aliphatic rings. The van der Waals surface area contributed by atoms with Crippen molar-refractivity contribution in [2.24, 2.45) is 0 Å². The van der Waals surface area contributed by atoms with Gasteiger partial charge in [0.1, 0.15) is 11.5 Å². The van der Waals surface area contributed by atoms with E-state index in [0.717, 1.165) is 16.7 Å². The third-order valence-corrected chi connectivity index (χ3v) is 4.79. The van der Waals surface area contributed by atoms with E-state index in [0.29, 0.717) is 0 Å². The van der Waals surface area contributed by atoms with Gasteiger partial charge in [-0.05, 0) is 24.7 Å². The molecular formula is C13H12O2Si2. The first-order chi connectivity index (χ1) is 8.31. The molecular weight excluding hydrogens is 244 g/mol. The normalized spacial score (nSPS) is 10.5. The average Bonchev–Trinajstić information content (AvgIpc) is 2.40. The Kier molecular flexibility index (Phi) is 4.14. The van der Waals surface area contributed by atoms with Crippen molar-refractivity contribution in [3.63, 3.8) is 0 Å². The second kappa shape index (κ2) is 5.81. The Balaban J connectivity index is 2.27. The predicted molar refractivity (Wildman–Crippen MR) is 71.0 cm³/mol. The third kappa shape index (κ3) is 3.06. The molecule has 0 aliphatic carbocycles. The zero-order valence-corrected chi connectivity index (χ0v) is 11.5. The van der Waals surface area contributed by atoms with Gasteiger partial charge in [-0.3, -0.25) is 0 Å². The molecule has 2 aromatic rings. The number of benzene rings is 2. The zero-order chi connectivity index (χ0) is 12.1. The lowest BCUT2D eigenvalue weighted by Gasteiger charge is -2.13. The molecule has 0 N–H and O–H groups in total. The van der Waals surface area contributed by atoms with Crippen LogP contribution in [0.4, 0.5) is 0 Å². The van der Waals surface area contributed by atoms with Crippen molar-refractivity contribution < 1.29 is 8.85 Å². The molecule has 2 rings (SSSR count). The summed E-state index contributed by atoms with van der Waals surface area (Å²) in [6, 6.07) is 17.7. The van der Waals surface area contributed by atoms with Crippen LogP contribution in [0.2, 0.25) is 6.55 Å². The van der Waals surface area contributed by atoms with E-state index in [1.54, 1.807) is 0 Å². The quantitative estimate of drug-likeness (QED) is 0.782. The van der Waals surface area contributed by atoms with Gasteiger partial charge in [0.2, 0.25) is 19.5 Å². The van der Waals surface area contributed by atoms with Gasteiger partial charge in [-0.2, -0.15) is 0 Å². The summed E-state index contributed by atoms with van der Waals surface area (Å²) in [6.45, 7) is 2.06. The summed E-state index contributed by atoms with van der Waals surface area (Å²) in [7, 11) is 2.04. The highest BCUT2D eigenvalue weighted by Crippen LogP contribution is 2.19. The van der Waals surface area contributed by atoms with Crippen LogP contribution in [0.25, 0.3) is 0 Å². The number of para-hydroxylation sites is 2. The lowest BCUT2D eigenvalue weighted by Crippen LogP contribution is -2.30. The van der Waals surface area contributed by atoms with Crippen LogP contribution in [-0.4, -0.2) is 19.5 Å². The number of hydrogen-bond acceptors (Lipinski definition) is 2. The summed E-state index contributed by atoms with van der Waals surface area (Å²) in [5.41, 5.74) is 0. The van der Waals surface area contributed by atoms with E-state index in [1.165, 1.54) is 0 Å². The highest BCUT2D eigenvalue weighted by atomic mass is 28.3. The second-order valence-electron chi connectivity index (χ2n) is 3.57. The smallest absolute Gasteiger partial charge is 0.235 e. The van der Waals surface area contributed by atoms with Crippen LogP contribution >= 0.6 is 0 Å². The van der Waals surface area contributed by atoms with Gasteiger partial charge in [0, 0.05) is 5.19 Å².